The molecular weight excluding hydrogens is 262 g/mol. The van der Waals surface area contributed by atoms with E-state index in [1.807, 2.05) is 26.0 Å². The van der Waals surface area contributed by atoms with Gasteiger partial charge in [-0.15, -0.1) is 0 Å². The first-order chi connectivity index (χ1) is 9.06. The highest BCUT2D eigenvalue weighted by molar-refractivity contribution is 6.31. The maximum Gasteiger partial charge on any atom is 0.171 e. The Balaban J connectivity index is 1.96. The van der Waals surface area contributed by atoms with Crippen LogP contribution in [0.2, 0.25) is 5.15 Å². The Kier molecular flexibility index (Phi) is 4.22. The van der Waals surface area contributed by atoms with Crippen molar-refractivity contribution >= 4 is 17.4 Å². The second-order valence-electron chi connectivity index (χ2n) is 4.38. The van der Waals surface area contributed by atoms with Gasteiger partial charge in [-0.05, 0) is 38.0 Å². The molecule has 0 aliphatic carbocycles. The molecule has 1 heterocycles. The van der Waals surface area contributed by atoms with Gasteiger partial charge in [0.2, 0.25) is 0 Å². The van der Waals surface area contributed by atoms with Crippen molar-refractivity contribution in [3.63, 3.8) is 0 Å². The molecule has 2 rings (SSSR count). The Labute approximate surface area is 117 Å². The number of benzene rings is 1. The Morgan fingerprint density at radius 3 is 2.42 bits per heavy atom. The van der Waals surface area contributed by atoms with E-state index >= 15 is 0 Å². The van der Waals surface area contributed by atoms with E-state index in [9.17, 15) is 5.11 Å². The SMILES string of the molecule is Cc1nc(Cl)c(NCCc2ccc(O)cc2)nc1C. The Bertz CT molecular complexity index is 570. The number of hydrogen-bond acceptors (Lipinski definition) is 4. The van der Waals surface area contributed by atoms with E-state index < -0.39 is 0 Å². The smallest absolute Gasteiger partial charge is 0.171 e. The van der Waals surface area contributed by atoms with Crippen LogP contribution in [0, 0.1) is 13.8 Å². The first-order valence-electron chi connectivity index (χ1n) is 6.09. The average molecular weight is 278 g/mol. The van der Waals surface area contributed by atoms with Crippen LogP contribution in [0.4, 0.5) is 5.82 Å². The van der Waals surface area contributed by atoms with Gasteiger partial charge in [0.15, 0.2) is 11.0 Å². The van der Waals surface area contributed by atoms with E-state index in [4.69, 9.17) is 11.6 Å². The van der Waals surface area contributed by atoms with Crippen molar-refractivity contribution < 1.29 is 5.11 Å². The molecule has 100 valence electrons. The molecule has 0 amide bonds. The number of aromatic hydroxyl groups is 1. The predicted molar refractivity (Wildman–Crippen MR) is 76.8 cm³/mol. The van der Waals surface area contributed by atoms with Gasteiger partial charge in [-0.3, -0.25) is 0 Å². The number of nitrogens with one attached hydrogen (secondary N) is 1. The van der Waals surface area contributed by atoms with Crippen LogP contribution in [-0.2, 0) is 6.42 Å². The number of nitrogens with zero attached hydrogens (tertiary/aromatic N) is 2. The molecule has 0 spiro atoms. The summed E-state index contributed by atoms with van der Waals surface area (Å²) in [6, 6.07) is 7.14. The standard InChI is InChI=1S/C14H16ClN3O/c1-9-10(2)18-14(13(15)17-9)16-8-7-11-3-5-12(19)6-4-11/h3-6,19H,7-8H2,1-2H3,(H,16,18). The lowest BCUT2D eigenvalue weighted by molar-refractivity contribution is 0.475. The normalized spacial score (nSPS) is 10.5. The van der Waals surface area contributed by atoms with Crippen molar-refractivity contribution in [2.45, 2.75) is 20.3 Å². The van der Waals surface area contributed by atoms with Crippen LogP contribution < -0.4 is 5.32 Å². The average Bonchev–Trinajstić information content (AvgIpc) is 2.38. The zero-order valence-electron chi connectivity index (χ0n) is 10.9. The third-order valence-electron chi connectivity index (χ3n) is 2.91. The highest BCUT2D eigenvalue weighted by atomic mass is 35.5. The van der Waals surface area contributed by atoms with Gasteiger partial charge in [0, 0.05) is 6.54 Å². The van der Waals surface area contributed by atoms with Crippen molar-refractivity contribution in [2.75, 3.05) is 11.9 Å². The minimum absolute atomic E-state index is 0.278. The van der Waals surface area contributed by atoms with E-state index in [2.05, 4.69) is 15.3 Å². The number of anilines is 1. The molecule has 1 aromatic carbocycles. The van der Waals surface area contributed by atoms with Crippen LogP contribution in [0.1, 0.15) is 17.0 Å². The monoisotopic (exact) mass is 277 g/mol. The van der Waals surface area contributed by atoms with Crippen molar-refractivity contribution in [2.24, 2.45) is 0 Å². The van der Waals surface area contributed by atoms with E-state index in [0.717, 1.165) is 23.4 Å². The maximum atomic E-state index is 9.20. The van der Waals surface area contributed by atoms with Crippen LogP contribution in [0.3, 0.4) is 0 Å². The van der Waals surface area contributed by atoms with Crippen molar-refractivity contribution in [1.29, 1.82) is 0 Å². The van der Waals surface area contributed by atoms with E-state index in [1.165, 1.54) is 0 Å². The molecule has 4 nitrogen and oxygen atoms in total. The number of phenolic OH excluding ortho intramolecular Hbond substituents is 1. The number of rotatable bonds is 4. The number of aromatic nitrogens is 2. The second kappa shape index (κ2) is 5.89. The minimum Gasteiger partial charge on any atom is -0.508 e. The fourth-order valence-electron chi connectivity index (χ4n) is 1.68. The zero-order valence-corrected chi connectivity index (χ0v) is 11.7. The van der Waals surface area contributed by atoms with Crippen molar-refractivity contribution in [3.8, 4) is 5.75 Å². The van der Waals surface area contributed by atoms with Gasteiger partial charge in [-0.1, -0.05) is 23.7 Å². The fraction of sp³-hybridized carbons (Fsp3) is 0.286. The van der Waals surface area contributed by atoms with Crippen LogP contribution >= 0.6 is 11.6 Å². The predicted octanol–water partition coefficient (Wildman–Crippen LogP) is 3.11. The quantitative estimate of drug-likeness (QED) is 0.902. The Morgan fingerprint density at radius 1 is 1.11 bits per heavy atom. The molecule has 2 N–H and O–H groups in total. The van der Waals surface area contributed by atoms with Gasteiger partial charge in [-0.25, -0.2) is 9.97 Å². The zero-order chi connectivity index (χ0) is 13.8. The summed E-state index contributed by atoms with van der Waals surface area (Å²) in [5, 5.41) is 12.8. The molecule has 0 bridgehead atoms. The molecule has 0 atom stereocenters. The highest BCUT2D eigenvalue weighted by Crippen LogP contribution is 2.18. The van der Waals surface area contributed by atoms with Crippen molar-refractivity contribution in [1.82, 2.24) is 9.97 Å². The molecule has 0 aliphatic rings. The lowest BCUT2D eigenvalue weighted by Crippen LogP contribution is -2.09. The number of hydrogen-bond donors (Lipinski definition) is 2. The summed E-state index contributed by atoms with van der Waals surface area (Å²) in [7, 11) is 0. The number of halogens is 1. The first-order valence-corrected chi connectivity index (χ1v) is 6.46. The van der Waals surface area contributed by atoms with E-state index in [0.29, 0.717) is 17.5 Å². The van der Waals surface area contributed by atoms with Gasteiger partial charge < -0.3 is 10.4 Å². The molecule has 0 fully saturated rings. The van der Waals surface area contributed by atoms with Crippen LogP contribution in [-0.4, -0.2) is 21.6 Å². The molecule has 0 aliphatic heterocycles. The van der Waals surface area contributed by atoms with Crippen LogP contribution in [0.5, 0.6) is 5.75 Å². The fourth-order valence-corrected chi connectivity index (χ4v) is 1.91. The van der Waals surface area contributed by atoms with Gasteiger partial charge in [0.05, 0.1) is 11.4 Å². The third-order valence-corrected chi connectivity index (χ3v) is 3.17. The molecular formula is C14H16ClN3O. The Morgan fingerprint density at radius 2 is 1.74 bits per heavy atom. The van der Waals surface area contributed by atoms with Crippen molar-refractivity contribution in [3.05, 3.63) is 46.4 Å². The van der Waals surface area contributed by atoms with Crippen LogP contribution in [0.15, 0.2) is 24.3 Å². The minimum atomic E-state index is 0.278. The van der Waals surface area contributed by atoms with E-state index in [1.54, 1.807) is 12.1 Å². The molecule has 5 heteroatoms. The maximum absolute atomic E-state index is 9.20. The molecule has 0 saturated carbocycles. The molecule has 0 unspecified atom stereocenters. The van der Waals surface area contributed by atoms with Gasteiger partial charge >= 0.3 is 0 Å². The molecule has 0 saturated heterocycles. The lowest BCUT2D eigenvalue weighted by Gasteiger charge is -2.09. The van der Waals surface area contributed by atoms with Crippen LogP contribution in [0.25, 0.3) is 0 Å². The molecule has 0 radical (unpaired) electrons. The summed E-state index contributed by atoms with van der Waals surface area (Å²) < 4.78 is 0. The summed E-state index contributed by atoms with van der Waals surface area (Å²) in [4.78, 5) is 8.59. The van der Waals surface area contributed by atoms with Gasteiger partial charge in [0.1, 0.15) is 5.75 Å². The topological polar surface area (TPSA) is 58.0 Å². The van der Waals surface area contributed by atoms with Gasteiger partial charge in [0.25, 0.3) is 0 Å². The summed E-state index contributed by atoms with van der Waals surface area (Å²) in [5.74, 6) is 0.892. The summed E-state index contributed by atoms with van der Waals surface area (Å²) in [5.41, 5.74) is 2.85. The molecule has 1 aromatic heterocycles. The number of phenols is 1. The third kappa shape index (κ3) is 3.58. The molecule has 19 heavy (non-hydrogen) atoms. The molecule has 2 aromatic rings. The summed E-state index contributed by atoms with van der Waals surface area (Å²) >= 11 is 6.03. The highest BCUT2D eigenvalue weighted by Gasteiger charge is 2.06. The largest absolute Gasteiger partial charge is 0.508 e. The van der Waals surface area contributed by atoms with Gasteiger partial charge in [-0.2, -0.15) is 0 Å². The summed E-state index contributed by atoms with van der Waals surface area (Å²) in [6.45, 7) is 4.50. The first kappa shape index (κ1) is 13.6. The lowest BCUT2D eigenvalue weighted by atomic mass is 10.1. The van der Waals surface area contributed by atoms with E-state index in [-0.39, 0.29) is 5.75 Å². The number of aryl methyl sites for hydroxylation is 2. The Hall–Kier alpha value is -1.81. The second-order valence-corrected chi connectivity index (χ2v) is 4.74. The summed E-state index contributed by atoms with van der Waals surface area (Å²) in [6.07, 6.45) is 0.825.